The van der Waals surface area contributed by atoms with E-state index in [9.17, 15) is 9.90 Å². The summed E-state index contributed by atoms with van der Waals surface area (Å²) in [6.07, 6.45) is 1.84. The number of aryl methyl sites for hydroxylation is 1. The van der Waals surface area contributed by atoms with E-state index in [1.807, 2.05) is 19.1 Å². The molecule has 0 bridgehead atoms. The highest BCUT2D eigenvalue weighted by atomic mass is 16.3. The number of hydrogen-bond acceptors (Lipinski definition) is 4. The fourth-order valence-corrected chi connectivity index (χ4v) is 2.32. The van der Waals surface area contributed by atoms with Crippen LogP contribution in [0.2, 0.25) is 0 Å². The van der Waals surface area contributed by atoms with Crippen molar-refractivity contribution in [3.8, 4) is 5.69 Å². The number of hydrogen-bond donors (Lipinski definition) is 1. The zero-order valence-electron chi connectivity index (χ0n) is 12.0. The summed E-state index contributed by atoms with van der Waals surface area (Å²) in [4.78, 5) is 13.9. The van der Waals surface area contributed by atoms with Crippen molar-refractivity contribution < 1.29 is 9.90 Å². The maximum absolute atomic E-state index is 12.5. The molecule has 22 heavy (non-hydrogen) atoms. The number of benzene rings is 2. The zero-order valence-corrected chi connectivity index (χ0v) is 12.0. The molecule has 110 valence electrons. The Kier molecular flexibility index (Phi) is 3.80. The molecule has 3 rings (SSSR count). The maximum atomic E-state index is 12.5. The molecule has 0 amide bonds. The molecule has 1 N–H and O–H groups in total. The second kappa shape index (κ2) is 5.91. The summed E-state index contributed by atoms with van der Waals surface area (Å²) >= 11 is 0. The van der Waals surface area contributed by atoms with Crippen LogP contribution in [0.5, 0.6) is 0 Å². The van der Waals surface area contributed by atoms with E-state index < -0.39 is 6.10 Å². The van der Waals surface area contributed by atoms with Crippen LogP contribution in [0.1, 0.15) is 27.6 Å². The number of aliphatic hydroxyl groups is 1. The van der Waals surface area contributed by atoms with Gasteiger partial charge in [0.2, 0.25) is 0 Å². The molecule has 5 nitrogen and oxygen atoms in total. The number of carbonyl (C=O) groups excluding carboxylic acids is 1. The van der Waals surface area contributed by atoms with Gasteiger partial charge in [0.15, 0.2) is 5.78 Å². The molecule has 1 heterocycles. The van der Waals surface area contributed by atoms with E-state index in [0.29, 0.717) is 16.8 Å². The average Bonchev–Trinajstić information content (AvgIpc) is 3.08. The van der Waals surface area contributed by atoms with Crippen LogP contribution in [-0.2, 0) is 0 Å². The molecule has 0 aliphatic heterocycles. The lowest BCUT2D eigenvalue weighted by molar-refractivity contribution is 0.0747. The number of nitrogens with zero attached hydrogens (tertiary/aromatic N) is 3. The van der Waals surface area contributed by atoms with E-state index in [4.69, 9.17) is 0 Å². The summed E-state index contributed by atoms with van der Waals surface area (Å²) in [7, 11) is 0. The summed E-state index contributed by atoms with van der Waals surface area (Å²) in [5, 5.41) is 18.7. The molecule has 0 fully saturated rings. The largest absolute Gasteiger partial charge is 0.380 e. The third kappa shape index (κ3) is 2.66. The van der Waals surface area contributed by atoms with Gasteiger partial charge in [0.05, 0.1) is 18.1 Å². The van der Waals surface area contributed by atoms with Crippen LogP contribution in [0.25, 0.3) is 5.69 Å². The van der Waals surface area contributed by atoms with Gasteiger partial charge in [-0.05, 0) is 13.0 Å². The molecular weight excluding hydrogens is 278 g/mol. The Labute approximate surface area is 127 Å². The first-order valence-corrected chi connectivity index (χ1v) is 6.91. The lowest BCUT2D eigenvalue weighted by Gasteiger charge is -2.15. The van der Waals surface area contributed by atoms with Crippen molar-refractivity contribution in [1.82, 2.24) is 15.0 Å². The van der Waals surface area contributed by atoms with Gasteiger partial charge >= 0.3 is 0 Å². The predicted molar refractivity (Wildman–Crippen MR) is 81.8 cm³/mol. The van der Waals surface area contributed by atoms with Crippen molar-refractivity contribution in [3.63, 3.8) is 0 Å². The van der Waals surface area contributed by atoms with E-state index >= 15 is 0 Å². The van der Waals surface area contributed by atoms with Crippen molar-refractivity contribution in [2.45, 2.75) is 13.0 Å². The molecule has 3 aromatic rings. The highest BCUT2D eigenvalue weighted by Gasteiger charge is 2.23. The highest BCUT2D eigenvalue weighted by Crippen LogP contribution is 2.25. The van der Waals surface area contributed by atoms with Crippen LogP contribution in [0.4, 0.5) is 0 Å². The molecule has 1 aromatic heterocycles. The first-order chi connectivity index (χ1) is 10.7. The fraction of sp³-hybridized carbons (Fsp3) is 0.118. The summed E-state index contributed by atoms with van der Waals surface area (Å²) in [6.45, 7) is 1.91. The molecule has 0 radical (unpaired) electrons. The van der Waals surface area contributed by atoms with Crippen LogP contribution in [0.15, 0.2) is 60.9 Å². The van der Waals surface area contributed by atoms with Crippen molar-refractivity contribution in [1.29, 1.82) is 0 Å². The smallest absolute Gasteiger partial charge is 0.195 e. The molecule has 0 saturated carbocycles. The van der Waals surface area contributed by atoms with Gasteiger partial charge in [0, 0.05) is 11.1 Å². The van der Waals surface area contributed by atoms with Gasteiger partial charge < -0.3 is 5.11 Å². The van der Waals surface area contributed by atoms with E-state index in [2.05, 4.69) is 10.2 Å². The van der Waals surface area contributed by atoms with Crippen LogP contribution in [0.3, 0.4) is 0 Å². The number of rotatable bonds is 4. The Bertz CT molecular complexity index is 783. The summed E-state index contributed by atoms with van der Waals surface area (Å²) in [5.74, 6) is -0.348. The minimum Gasteiger partial charge on any atom is -0.380 e. The Hall–Kier alpha value is -2.79. The summed E-state index contributed by atoms with van der Waals surface area (Å²) in [5.41, 5.74) is 2.50. The Morgan fingerprint density at radius 1 is 1.09 bits per heavy atom. The summed E-state index contributed by atoms with van der Waals surface area (Å²) < 4.78 is 0. The van der Waals surface area contributed by atoms with Crippen molar-refractivity contribution in [2.24, 2.45) is 0 Å². The molecule has 2 aromatic carbocycles. The number of ketones is 1. The minimum atomic E-state index is -1.26. The zero-order chi connectivity index (χ0) is 15.5. The number of Topliss-reactive ketones (excluding diaryl/α,β-unsaturated/α-hetero) is 1. The molecule has 0 aliphatic rings. The Morgan fingerprint density at radius 3 is 2.45 bits per heavy atom. The second-order valence-corrected chi connectivity index (χ2v) is 5.01. The van der Waals surface area contributed by atoms with Gasteiger partial charge in [-0.2, -0.15) is 15.0 Å². The Balaban J connectivity index is 2.04. The lowest BCUT2D eigenvalue weighted by Crippen LogP contribution is -2.16. The SMILES string of the molecule is Cc1ccc(-n2nccn2)c(C(O)C(=O)c2ccccc2)c1. The highest BCUT2D eigenvalue weighted by molar-refractivity contribution is 6.00. The number of aromatic nitrogens is 3. The maximum Gasteiger partial charge on any atom is 0.195 e. The van der Waals surface area contributed by atoms with Crippen molar-refractivity contribution >= 4 is 5.78 Å². The normalized spacial score (nSPS) is 12.1. The van der Waals surface area contributed by atoms with Gasteiger partial charge in [-0.3, -0.25) is 4.79 Å². The minimum absolute atomic E-state index is 0.348. The molecule has 0 spiro atoms. The third-order valence-corrected chi connectivity index (χ3v) is 3.42. The van der Waals surface area contributed by atoms with Gasteiger partial charge in [0.1, 0.15) is 6.10 Å². The van der Waals surface area contributed by atoms with Crippen LogP contribution >= 0.6 is 0 Å². The van der Waals surface area contributed by atoms with Crippen LogP contribution in [-0.4, -0.2) is 25.9 Å². The van der Waals surface area contributed by atoms with Crippen LogP contribution < -0.4 is 0 Å². The lowest BCUT2D eigenvalue weighted by atomic mass is 9.97. The molecule has 0 saturated heterocycles. The second-order valence-electron chi connectivity index (χ2n) is 5.01. The standard InChI is InChI=1S/C17H15N3O2/c1-12-7-8-15(20-18-9-10-19-20)14(11-12)17(22)16(21)13-5-3-2-4-6-13/h2-11,17,22H,1H3. The van der Waals surface area contributed by atoms with Gasteiger partial charge in [-0.1, -0.05) is 48.0 Å². The Morgan fingerprint density at radius 2 is 1.77 bits per heavy atom. The molecule has 1 atom stereocenters. The van der Waals surface area contributed by atoms with E-state index in [-0.39, 0.29) is 5.78 Å². The van der Waals surface area contributed by atoms with Crippen molar-refractivity contribution in [2.75, 3.05) is 0 Å². The first kappa shape index (κ1) is 14.2. The van der Waals surface area contributed by atoms with Gasteiger partial charge in [-0.25, -0.2) is 0 Å². The summed E-state index contributed by atoms with van der Waals surface area (Å²) in [6, 6.07) is 14.2. The molecule has 0 aliphatic carbocycles. The number of aliphatic hydroxyl groups excluding tert-OH is 1. The van der Waals surface area contributed by atoms with Crippen LogP contribution in [0, 0.1) is 6.92 Å². The molecule has 1 unspecified atom stereocenters. The van der Waals surface area contributed by atoms with Gasteiger partial charge in [-0.15, -0.1) is 0 Å². The fourth-order valence-electron chi connectivity index (χ4n) is 2.32. The molecule has 5 heteroatoms. The predicted octanol–water partition coefficient (Wildman–Crippen LogP) is 2.49. The topological polar surface area (TPSA) is 68.0 Å². The van der Waals surface area contributed by atoms with Crippen molar-refractivity contribution in [3.05, 3.63) is 77.6 Å². The molecular formula is C17H15N3O2. The van der Waals surface area contributed by atoms with E-state index in [0.717, 1.165) is 5.56 Å². The number of carbonyl (C=O) groups is 1. The average molecular weight is 293 g/mol. The third-order valence-electron chi connectivity index (χ3n) is 3.42. The van der Waals surface area contributed by atoms with E-state index in [1.165, 1.54) is 4.80 Å². The first-order valence-electron chi connectivity index (χ1n) is 6.91. The van der Waals surface area contributed by atoms with Gasteiger partial charge in [0.25, 0.3) is 0 Å². The quantitative estimate of drug-likeness (QED) is 0.750. The monoisotopic (exact) mass is 293 g/mol. The van der Waals surface area contributed by atoms with E-state index in [1.54, 1.807) is 48.8 Å².